The number of rotatable bonds is 1. The molecule has 1 aromatic carbocycles. The van der Waals surface area contributed by atoms with Crippen molar-refractivity contribution in [3.63, 3.8) is 0 Å². The molecule has 1 aromatic heterocycles. The number of aromatic nitrogens is 2. The van der Waals surface area contributed by atoms with E-state index in [4.69, 9.17) is 10.5 Å². The van der Waals surface area contributed by atoms with Gasteiger partial charge in [-0.15, -0.1) is 0 Å². The van der Waals surface area contributed by atoms with Crippen molar-refractivity contribution < 1.29 is 9.13 Å². The van der Waals surface area contributed by atoms with Gasteiger partial charge in [0.05, 0.1) is 18.2 Å². The maximum atomic E-state index is 13.4. The average molecular weight is 259 g/mol. The summed E-state index contributed by atoms with van der Waals surface area (Å²) in [6.07, 6.45) is 0.778. The lowest BCUT2D eigenvalue weighted by Gasteiger charge is -2.24. The van der Waals surface area contributed by atoms with Crippen LogP contribution in [0.3, 0.4) is 0 Å². The van der Waals surface area contributed by atoms with E-state index < -0.39 is 5.82 Å². The predicted octanol–water partition coefficient (Wildman–Crippen LogP) is 2.23. The van der Waals surface area contributed by atoms with Crippen molar-refractivity contribution in [1.29, 1.82) is 0 Å². The minimum Gasteiger partial charge on any atom is -0.493 e. The standard InChI is InChI=1S/C14H14FN3O/c1-8-12(15)13(16)18-14(17-8)10-6-9-4-2-3-5-11(9)19-7-10/h2-5,10H,6-7H2,1H3,(H2,16,17,18). The number of halogens is 1. The summed E-state index contributed by atoms with van der Waals surface area (Å²) in [5.74, 6) is 0.815. The first-order valence-electron chi connectivity index (χ1n) is 6.15. The molecule has 2 N–H and O–H groups in total. The molecule has 0 aliphatic carbocycles. The second-order valence-electron chi connectivity index (χ2n) is 4.69. The zero-order valence-electron chi connectivity index (χ0n) is 10.6. The van der Waals surface area contributed by atoms with Crippen molar-refractivity contribution in [2.45, 2.75) is 19.3 Å². The van der Waals surface area contributed by atoms with Crippen LogP contribution in [0, 0.1) is 12.7 Å². The number of nitrogens with zero attached hydrogens (tertiary/aromatic N) is 2. The summed E-state index contributed by atoms with van der Waals surface area (Å²) in [4.78, 5) is 8.23. The number of hydrogen-bond acceptors (Lipinski definition) is 4. The average Bonchev–Trinajstić information content (AvgIpc) is 2.43. The highest BCUT2D eigenvalue weighted by Crippen LogP contribution is 2.31. The molecule has 0 spiro atoms. The van der Waals surface area contributed by atoms with Gasteiger partial charge in [0.1, 0.15) is 11.6 Å². The smallest absolute Gasteiger partial charge is 0.186 e. The lowest BCUT2D eigenvalue weighted by Crippen LogP contribution is -2.22. The molecule has 2 heterocycles. The minimum absolute atomic E-state index is 0.0106. The van der Waals surface area contributed by atoms with Crippen LogP contribution in [0.1, 0.15) is 23.0 Å². The number of nitrogens with two attached hydrogens (primary N) is 1. The first-order valence-corrected chi connectivity index (χ1v) is 6.15. The summed E-state index contributed by atoms with van der Waals surface area (Å²) in [5.41, 5.74) is 6.95. The van der Waals surface area contributed by atoms with Gasteiger partial charge >= 0.3 is 0 Å². The lowest BCUT2D eigenvalue weighted by atomic mass is 9.96. The predicted molar refractivity (Wildman–Crippen MR) is 69.5 cm³/mol. The van der Waals surface area contributed by atoms with Crippen LogP contribution in [0.15, 0.2) is 24.3 Å². The number of para-hydroxylation sites is 1. The van der Waals surface area contributed by atoms with E-state index in [-0.39, 0.29) is 17.4 Å². The first kappa shape index (κ1) is 11.9. The van der Waals surface area contributed by atoms with Gasteiger partial charge in [0.15, 0.2) is 11.6 Å². The van der Waals surface area contributed by atoms with E-state index in [9.17, 15) is 4.39 Å². The Morgan fingerprint density at radius 2 is 2.11 bits per heavy atom. The van der Waals surface area contributed by atoms with Crippen molar-refractivity contribution in [3.05, 3.63) is 47.2 Å². The van der Waals surface area contributed by atoms with Crippen molar-refractivity contribution >= 4 is 5.82 Å². The van der Waals surface area contributed by atoms with E-state index in [0.717, 1.165) is 17.7 Å². The van der Waals surface area contributed by atoms with Gasteiger partial charge in [-0.25, -0.2) is 14.4 Å². The number of aryl methyl sites for hydroxylation is 1. The Kier molecular flexibility index (Phi) is 2.81. The summed E-state index contributed by atoms with van der Waals surface area (Å²) < 4.78 is 19.1. The summed E-state index contributed by atoms with van der Waals surface area (Å²) in [6, 6.07) is 7.86. The molecule has 1 aliphatic rings. The number of nitrogen functional groups attached to an aromatic ring is 1. The van der Waals surface area contributed by atoms with Crippen LogP contribution in [0.2, 0.25) is 0 Å². The third kappa shape index (κ3) is 2.12. The number of fused-ring (bicyclic) bond motifs is 1. The minimum atomic E-state index is -0.541. The van der Waals surface area contributed by atoms with Gasteiger partial charge in [-0.05, 0) is 25.0 Å². The fourth-order valence-electron chi connectivity index (χ4n) is 2.28. The molecule has 1 aliphatic heterocycles. The van der Waals surface area contributed by atoms with E-state index in [1.54, 1.807) is 6.92 Å². The molecule has 4 nitrogen and oxygen atoms in total. The molecular weight excluding hydrogens is 245 g/mol. The molecule has 1 unspecified atom stereocenters. The Labute approximate surface area is 110 Å². The van der Waals surface area contributed by atoms with Gasteiger partial charge in [-0.3, -0.25) is 0 Å². The second-order valence-corrected chi connectivity index (χ2v) is 4.69. The number of anilines is 1. The largest absolute Gasteiger partial charge is 0.493 e. The Morgan fingerprint density at radius 1 is 1.32 bits per heavy atom. The Hall–Kier alpha value is -2.17. The normalized spacial score (nSPS) is 17.7. The second kappa shape index (κ2) is 4.50. The molecule has 0 saturated carbocycles. The molecule has 3 rings (SSSR count). The van der Waals surface area contributed by atoms with Crippen LogP contribution in [-0.4, -0.2) is 16.6 Å². The van der Waals surface area contributed by atoms with E-state index in [2.05, 4.69) is 9.97 Å². The zero-order valence-corrected chi connectivity index (χ0v) is 10.6. The number of ether oxygens (including phenoxy) is 1. The molecule has 5 heteroatoms. The van der Waals surface area contributed by atoms with Crippen LogP contribution in [-0.2, 0) is 6.42 Å². The quantitative estimate of drug-likeness (QED) is 0.853. The van der Waals surface area contributed by atoms with Crippen molar-refractivity contribution in [1.82, 2.24) is 9.97 Å². The Bertz CT molecular complexity index is 607. The summed E-state index contributed by atoms with van der Waals surface area (Å²) in [5, 5.41) is 0. The van der Waals surface area contributed by atoms with Gasteiger partial charge in [-0.2, -0.15) is 0 Å². The van der Waals surface area contributed by atoms with E-state index in [1.807, 2.05) is 24.3 Å². The molecular formula is C14H14FN3O. The van der Waals surface area contributed by atoms with Gasteiger partial charge in [-0.1, -0.05) is 18.2 Å². The summed E-state index contributed by atoms with van der Waals surface area (Å²) >= 11 is 0. The van der Waals surface area contributed by atoms with E-state index in [1.165, 1.54) is 0 Å². The highest BCUT2D eigenvalue weighted by molar-refractivity contribution is 5.38. The maximum absolute atomic E-state index is 13.4. The molecule has 0 bridgehead atoms. The highest BCUT2D eigenvalue weighted by atomic mass is 19.1. The molecule has 1 atom stereocenters. The van der Waals surface area contributed by atoms with E-state index in [0.29, 0.717) is 12.4 Å². The van der Waals surface area contributed by atoms with Crippen molar-refractivity contribution in [3.8, 4) is 5.75 Å². The van der Waals surface area contributed by atoms with Crippen LogP contribution in [0.5, 0.6) is 5.75 Å². The molecule has 0 amide bonds. The van der Waals surface area contributed by atoms with Crippen LogP contribution in [0.4, 0.5) is 10.2 Å². The van der Waals surface area contributed by atoms with Crippen molar-refractivity contribution in [2.75, 3.05) is 12.3 Å². The van der Waals surface area contributed by atoms with Gasteiger partial charge in [0, 0.05) is 0 Å². The highest BCUT2D eigenvalue weighted by Gasteiger charge is 2.24. The van der Waals surface area contributed by atoms with Crippen LogP contribution >= 0.6 is 0 Å². The molecule has 98 valence electrons. The fourth-order valence-corrected chi connectivity index (χ4v) is 2.28. The first-order chi connectivity index (χ1) is 9.15. The number of hydrogen-bond donors (Lipinski definition) is 1. The van der Waals surface area contributed by atoms with Gasteiger partial charge < -0.3 is 10.5 Å². The molecule has 2 aromatic rings. The third-order valence-corrected chi connectivity index (χ3v) is 3.30. The molecule has 0 radical (unpaired) electrons. The van der Waals surface area contributed by atoms with Crippen LogP contribution < -0.4 is 10.5 Å². The molecule has 0 saturated heterocycles. The number of benzene rings is 1. The molecule has 19 heavy (non-hydrogen) atoms. The van der Waals surface area contributed by atoms with Crippen molar-refractivity contribution in [2.24, 2.45) is 0 Å². The fraction of sp³-hybridized carbons (Fsp3) is 0.286. The van der Waals surface area contributed by atoms with Gasteiger partial charge in [0.25, 0.3) is 0 Å². The Morgan fingerprint density at radius 3 is 2.89 bits per heavy atom. The van der Waals surface area contributed by atoms with Gasteiger partial charge in [0.2, 0.25) is 0 Å². The van der Waals surface area contributed by atoms with E-state index >= 15 is 0 Å². The Balaban J connectivity index is 1.93. The molecule has 0 fully saturated rings. The lowest BCUT2D eigenvalue weighted by molar-refractivity contribution is 0.257. The summed E-state index contributed by atoms with van der Waals surface area (Å²) in [7, 11) is 0. The zero-order chi connectivity index (χ0) is 13.4. The topological polar surface area (TPSA) is 61.0 Å². The van der Waals surface area contributed by atoms with Crippen LogP contribution in [0.25, 0.3) is 0 Å². The third-order valence-electron chi connectivity index (χ3n) is 3.30. The summed E-state index contributed by atoms with van der Waals surface area (Å²) in [6.45, 7) is 2.08. The monoisotopic (exact) mass is 259 g/mol. The SMILES string of the molecule is Cc1nc(C2COc3ccccc3C2)nc(N)c1F. The maximum Gasteiger partial charge on any atom is 0.186 e.